The molecule has 0 radical (unpaired) electrons. The van der Waals surface area contributed by atoms with Gasteiger partial charge in [-0.2, -0.15) is 23.1 Å². The average molecular weight is 453 g/mol. The van der Waals surface area contributed by atoms with Crippen molar-refractivity contribution in [1.29, 1.82) is 0 Å². The lowest BCUT2D eigenvalue weighted by Gasteiger charge is -2.22. The maximum Gasteiger partial charge on any atom is 0.416 e. The summed E-state index contributed by atoms with van der Waals surface area (Å²) in [5, 5.41) is 3.88. The molecule has 0 saturated heterocycles. The van der Waals surface area contributed by atoms with Gasteiger partial charge in [0.15, 0.2) is 5.65 Å². The summed E-state index contributed by atoms with van der Waals surface area (Å²) >= 11 is 3.38. The van der Waals surface area contributed by atoms with Crippen LogP contribution in [-0.2, 0) is 12.6 Å². The Bertz CT molecular complexity index is 1040. The number of hydrogen-bond acceptors (Lipinski definition) is 5. The summed E-state index contributed by atoms with van der Waals surface area (Å²) in [6.07, 6.45) is -2.13. The van der Waals surface area contributed by atoms with Crippen molar-refractivity contribution in [3.8, 4) is 6.01 Å². The molecule has 0 aliphatic carbocycles. The minimum atomic E-state index is -4.41. The number of halogens is 4. The van der Waals surface area contributed by atoms with Crippen molar-refractivity contribution in [3.05, 3.63) is 51.6 Å². The van der Waals surface area contributed by atoms with E-state index in [1.165, 1.54) is 6.07 Å². The fraction of sp³-hybridized carbons (Fsp3) is 0.316. The normalized spacial score (nSPS) is 17.2. The predicted octanol–water partition coefficient (Wildman–Crippen LogP) is 5.30. The van der Waals surface area contributed by atoms with E-state index in [2.05, 4.69) is 36.2 Å². The van der Waals surface area contributed by atoms with Crippen LogP contribution in [0.2, 0.25) is 0 Å². The van der Waals surface area contributed by atoms with Gasteiger partial charge < -0.3 is 10.1 Å². The maximum atomic E-state index is 13.5. The lowest BCUT2D eigenvalue weighted by atomic mass is 9.92. The largest absolute Gasteiger partial charge is 0.463 e. The Morgan fingerprint density at radius 1 is 1.25 bits per heavy atom. The van der Waals surface area contributed by atoms with Gasteiger partial charge >= 0.3 is 12.2 Å². The second kappa shape index (κ2) is 7.20. The predicted molar refractivity (Wildman–Crippen MR) is 102 cm³/mol. The molecular formula is C19H16BrF3N4O. The summed E-state index contributed by atoms with van der Waals surface area (Å²) in [4.78, 5) is 13.0. The monoisotopic (exact) mass is 452 g/mol. The molecule has 0 spiro atoms. The number of fused-ring (bicyclic) bond motifs is 5. The number of nitrogens with zero attached hydrogens (tertiary/aromatic N) is 3. The first-order chi connectivity index (χ1) is 13.3. The Morgan fingerprint density at radius 3 is 2.86 bits per heavy atom. The Morgan fingerprint density at radius 2 is 2.07 bits per heavy atom. The summed E-state index contributed by atoms with van der Waals surface area (Å²) in [5.74, 6) is 0.464. The quantitative estimate of drug-likeness (QED) is 0.501. The minimum Gasteiger partial charge on any atom is -0.463 e. The van der Waals surface area contributed by atoms with Crippen molar-refractivity contribution >= 4 is 32.8 Å². The van der Waals surface area contributed by atoms with E-state index in [4.69, 9.17) is 4.74 Å². The third kappa shape index (κ3) is 3.63. The third-order valence-electron chi connectivity index (χ3n) is 4.64. The highest BCUT2D eigenvalue weighted by molar-refractivity contribution is 9.10. The van der Waals surface area contributed by atoms with Gasteiger partial charge in [0.1, 0.15) is 5.82 Å². The number of benzene rings is 1. The van der Waals surface area contributed by atoms with Crippen molar-refractivity contribution < 1.29 is 17.9 Å². The van der Waals surface area contributed by atoms with Crippen LogP contribution in [0, 0.1) is 0 Å². The van der Waals surface area contributed by atoms with Crippen LogP contribution in [0.5, 0.6) is 6.01 Å². The average Bonchev–Trinajstić information content (AvgIpc) is 2.66. The molecule has 1 atom stereocenters. The van der Waals surface area contributed by atoms with Gasteiger partial charge in [0.2, 0.25) is 0 Å². The fourth-order valence-corrected chi connectivity index (χ4v) is 3.72. The molecule has 1 aliphatic rings. The molecule has 1 aliphatic heterocycles. The molecule has 1 N–H and O–H groups in total. The first-order valence-electron chi connectivity index (χ1n) is 8.74. The van der Waals surface area contributed by atoms with Gasteiger partial charge in [-0.3, -0.25) is 0 Å². The lowest BCUT2D eigenvalue weighted by molar-refractivity contribution is -0.138. The number of hydrogen-bond donors (Lipinski definition) is 1. The van der Waals surface area contributed by atoms with Crippen molar-refractivity contribution in [2.75, 3.05) is 11.9 Å². The zero-order valence-electron chi connectivity index (χ0n) is 14.8. The zero-order valence-corrected chi connectivity index (χ0v) is 16.4. The molecule has 3 heterocycles. The second-order valence-electron chi connectivity index (χ2n) is 6.57. The molecule has 0 fully saturated rings. The van der Waals surface area contributed by atoms with E-state index in [0.29, 0.717) is 28.8 Å². The standard InChI is InChI=1S/C19H16BrF3N4O/c1-10-12-4-2-6-15(19(21,22)23)13(12)5-3-7-28-18-26-16-14(17(25-10)27-18)8-11(20)9-24-16/h2,4,6,8-10H,3,5,7H2,1H3,(H,24,25,26,27)/t10-/m1/s1. The van der Waals surface area contributed by atoms with E-state index in [-0.39, 0.29) is 24.6 Å². The molecule has 0 saturated carbocycles. The summed E-state index contributed by atoms with van der Waals surface area (Å²) in [5.41, 5.74) is 0.717. The molecule has 146 valence electrons. The molecule has 1 aromatic carbocycles. The molecule has 4 rings (SSSR count). The van der Waals surface area contributed by atoms with Gasteiger partial charge in [0, 0.05) is 10.7 Å². The van der Waals surface area contributed by atoms with E-state index in [1.54, 1.807) is 12.3 Å². The smallest absolute Gasteiger partial charge is 0.416 e. The highest BCUT2D eigenvalue weighted by Gasteiger charge is 2.34. The van der Waals surface area contributed by atoms with Crippen LogP contribution in [0.4, 0.5) is 19.0 Å². The first kappa shape index (κ1) is 18.9. The second-order valence-corrected chi connectivity index (χ2v) is 7.48. The minimum absolute atomic E-state index is 0.152. The van der Waals surface area contributed by atoms with E-state index in [9.17, 15) is 13.2 Å². The number of anilines is 1. The Balaban J connectivity index is 1.86. The molecule has 5 nitrogen and oxygen atoms in total. The van der Waals surface area contributed by atoms with Crippen LogP contribution >= 0.6 is 15.9 Å². The third-order valence-corrected chi connectivity index (χ3v) is 5.07. The van der Waals surface area contributed by atoms with Gasteiger partial charge in [-0.05, 0) is 59.0 Å². The summed E-state index contributed by atoms with van der Waals surface area (Å²) in [7, 11) is 0. The molecule has 9 heteroatoms. The highest BCUT2D eigenvalue weighted by Crippen LogP contribution is 2.37. The first-order valence-corrected chi connectivity index (χ1v) is 9.54. The van der Waals surface area contributed by atoms with E-state index < -0.39 is 17.8 Å². The Hall–Kier alpha value is -2.42. The summed E-state index contributed by atoms with van der Waals surface area (Å²) in [6, 6.07) is 5.85. The number of ether oxygens (including phenoxy) is 1. The van der Waals surface area contributed by atoms with Crippen LogP contribution in [0.3, 0.4) is 0 Å². The van der Waals surface area contributed by atoms with E-state index in [0.717, 1.165) is 10.5 Å². The van der Waals surface area contributed by atoms with E-state index >= 15 is 0 Å². The number of aromatic nitrogens is 3. The SMILES string of the molecule is C[C@H]1Nc2nc(nc3ncc(Br)cc23)OCCCc2c1cccc2C(F)(F)F. The lowest BCUT2D eigenvalue weighted by Crippen LogP contribution is -2.16. The van der Waals surface area contributed by atoms with Gasteiger partial charge in [-0.15, -0.1) is 0 Å². The number of nitrogens with one attached hydrogen (secondary N) is 1. The topological polar surface area (TPSA) is 59.9 Å². The van der Waals surface area contributed by atoms with Crippen LogP contribution in [0.25, 0.3) is 11.0 Å². The van der Waals surface area contributed by atoms with Crippen LogP contribution in [0.15, 0.2) is 34.9 Å². The number of pyridine rings is 1. The highest BCUT2D eigenvalue weighted by atomic mass is 79.9. The number of alkyl halides is 3. The molecule has 28 heavy (non-hydrogen) atoms. The van der Waals surface area contributed by atoms with Crippen LogP contribution in [0.1, 0.15) is 36.1 Å². The van der Waals surface area contributed by atoms with Crippen molar-refractivity contribution in [3.63, 3.8) is 0 Å². The molecular weight excluding hydrogens is 437 g/mol. The summed E-state index contributed by atoms with van der Waals surface area (Å²) < 4.78 is 47.0. The molecule has 3 aromatic rings. The van der Waals surface area contributed by atoms with Gasteiger partial charge in [-0.25, -0.2) is 4.98 Å². The molecule has 2 bridgehead atoms. The van der Waals surface area contributed by atoms with E-state index in [1.807, 2.05) is 13.0 Å². The zero-order chi connectivity index (χ0) is 19.9. The van der Waals surface area contributed by atoms with Crippen molar-refractivity contribution in [2.45, 2.75) is 32.0 Å². The van der Waals surface area contributed by atoms with Crippen LogP contribution in [-0.4, -0.2) is 21.6 Å². The molecule has 2 aromatic heterocycles. The van der Waals surface area contributed by atoms with Gasteiger partial charge in [0.05, 0.1) is 23.6 Å². The van der Waals surface area contributed by atoms with Crippen molar-refractivity contribution in [2.24, 2.45) is 0 Å². The van der Waals surface area contributed by atoms with Gasteiger partial charge in [-0.1, -0.05) is 12.1 Å². The maximum absolute atomic E-state index is 13.5. The molecule has 0 unspecified atom stereocenters. The summed E-state index contributed by atoms with van der Waals surface area (Å²) in [6.45, 7) is 2.03. The van der Waals surface area contributed by atoms with Crippen molar-refractivity contribution in [1.82, 2.24) is 15.0 Å². The molecule has 0 amide bonds. The van der Waals surface area contributed by atoms with Gasteiger partial charge in [0.25, 0.3) is 0 Å². The fourth-order valence-electron chi connectivity index (χ4n) is 3.39. The Kier molecular flexibility index (Phi) is 4.86. The Labute approximate surface area is 167 Å². The van der Waals surface area contributed by atoms with Crippen LogP contribution < -0.4 is 10.1 Å². The number of rotatable bonds is 0.